The van der Waals surface area contributed by atoms with Crippen molar-refractivity contribution in [3.63, 3.8) is 0 Å². The van der Waals surface area contributed by atoms with Crippen LogP contribution in [0.2, 0.25) is 0 Å². The normalized spacial score (nSPS) is 10.8. The molecule has 2 heterocycles. The lowest BCUT2D eigenvalue weighted by molar-refractivity contribution is -0.129. The number of carbonyl (C=O) groups is 1. The van der Waals surface area contributed by atoms with Crippen molar-refractivity contribution in [3.8, 4) is 0 Å². The first-order valence-electron chi connectivity index (χ1n) is 6.88. The third-order valence-electron chi connectivity index (χ3n) is 3.49. The van der Waals surface area contributed by atoms with Gasteiger partial charge in [-0.1, -0.05) is 24.3 Å². The molecule has 0 aliphatic heterocycles. The van der Waals surface area contributed by atoms with E-state index in [1.807, 2.05) is 29.6 Å². The predicted octanol–water partition coefficient (Wildman–Crippen LogP) is 2.19. The monoisotopic (exact) mass is 313 g/mol. The fourth-order valence-corrected chi connectivity index (χ4v) is 3.07. The molecule has 2 aromatic heterocycles. The summed E-state index contributed by atoms with van der Waals surface area (Å²) in [5.74, 6) is -0.0295. The molecule has 0 spiro atoms. The zero-order valence-corrected chi connectivity index (χ0v) is 12.9. The first-order chi connectivity index (χ1) is 10.6. The summed E-state index contributed by atoms with van der Waals surface area (Å²) in [4.78, 5) is 26.9. The van der Waals surface area contributed by atoms with Gasteiger partial charge < -0.3 is 4.90 Å². The Kier molecular flexibility index (Phi) is 4.02. The quantitative estimate of drug-likeness (QED) is 0.803. The second-order valence-electron chi connectivity index (χ2n) is 5.05. The summed E-state index contributed by atoms with van der Waals surface area (Å²) < 4.78 is 0. The van der Waals surface area contributed by atoms with Gasteiger partial charge in [0.1, 0.15) is 0 Å². The zero-order valence-electron chi connectivity index (χ0n) is 12.1. The van der Waals surface area contributed by atoms with E-state index >= 15 is 0 Å². The molecule has 22 heavy (non-hydrogen) atoms. The van der Waals surface area contributed by atoms with E-state index in [1.165, 1.54) is 0 Å². The average molecular weight is 313 g/mol. The summed E-state index contributed by atoms with van der Waals surface area (Å²) in [5, 5.41) is 9.78. The standard InChI is InChI=1S/C16H15N3O2S/c1-19(10-11-5-4-8-22-11)15(20)9-14-12-6-2-3-7-13(12)16(21)18-17-14/h2-8H,9-10H2,1H3,(H,18,21). The van der Waals surface area contributed by atoms with Crippen molar-refractivity contribution in [1.29, 1.82) is 0 Å². The molecular weight excluding hydrogens is 298 g/mol. The van der Waals surface area contributed by atoms with Crippen LogP contribution in [0.5, 0.6) is 0 Å². The van der Waals surface area contributed by atoms with E-state index in [2.05, 4.69) is 10.2 Å². The lowest BCUT2D eigenvalue weighted by Gasteiger charge is -2.16. The minimum Gasteiger partial charge on any atom is -0.340 e. The summed E-state index contributed by atoms with van der Waals surface area (Å²) in [6.07, 6.45) is 0.166. The van der Waals surface area contributed by atoms with Crippen LogP contribution < -0.4 is 5.56 Å². The Balaban J connectivity index is 1.82. The van der Waals surface area contributed by atoms with Crippen molar-refractivity contribution >= 4 is 28.0 Å². The van der Waals surface area contributed by atoms with Crippen molar-refractivity contribution in [3.05, 3.63) is 62.7 Å². The summed E-state index contributed by atoms with van der Waals surface area (Å²) in [6, 6.07) is 11.2. The first-order valence-corrected chi connectivity index (χ1v) is 7.76. The van der Waals surface area contributed by atoms with Gasteiger partial charge in [0.2, 0.25) is 5.91 Å². The molecule has 0 aliphatic rings. The number of rotatable bonds is 4. The van der Waals surface area contributed by atoms with Crippen molar-refractivity contribution in [2.45, 2.75) is 13.0 Å². The van der Waals surface area contributed by atoms with E-state index in [9.17, 15) is 9.59 Å². The van der Waals surface area contributed by atoms with E-state index in [0.717, 1.165) is 10.3 Å². The van der Waals surface area contributed by atoms with Gasteiger partial charge in [-0.3, -0.25) is 9.59 Å². The lowest BCUT2D eigenvalue weighted by atomic mass is 10.1. The number of likely N-dealkylation sites (N-methyl/N-ethyl adjacent to an activating group) is 1. The molecule has 112 valence electrons. The molecule has 1 N–H and O–H groups in total. The van der Waals surface area contributed by atoms with Crippen molar-refractivity contribution in [2.75, 3.05) is 7.05 Å². The van der Waals surface area contributed by atoms with Gasteiger partial charge in [0.05, 0.1) is 24.0 Å². The maximum Gasteiger partial charge on any atom is 0.272 e. The highest BCUT2D eigenvalue weighted by Crippen LogP contribution is 2.15. The van der Waals surface area contributed by atoms with E-state index in [4.69, 9.17) is 0 Å². The number of H-pyrrole nitrogens is 1. The molecule has 0 aliphatic carbocycles. The largest absolute Gasteiger partial charge is 0.340 e. The van der Waals surface area contributed by atoms with Crippen LogP contribution in [0.4, 0.5) is 0 Å². The summed E-state index contributed by atoms with van der Waals surface area (Å²) in [6.45, 7) is 0.581. The Bertz CT molecular complexity index is 855. The molecule has 3 rings (SSSR count). The highest BCUT2D eigenvalue weighted by Gasteiger charge is 2.14. The number of nitrogens with one attached hydrogen (secondary N) is 1. The minimum atomic E-state index is -0.237. The van der Waals surface area contributed by atoms with E-state index < -0.39 is 0 Å². The number of aromatic amines is 1. The summed E-state index contributed by atoms with van der Waals surface area (Å²) in [5.41, 5.74) is 0.358. The summed E-state index contributed by atoms with van der Waals surface area (Å²) >= 11 is 1.62. The molecule has 0 bridgehead atoms. The molecule has 1 amide bonds. The Morgan fingerprint density at radius 2 is 2.00 bits per heavy atom. The molecule has 6 heteroatoms. The molecule has 0 atom stereocenters. The van der Waals surface area contributed by atoms with Gasteiger partial charge in [-0.05, 0) is 17.5 Å². The lowest BCUT2D eigenvalue weighted by Crippen LogP contribution is -2.28. The molecule has 0 saturated carbocycles. The number of thiophene rings is 1. The Morgan fingerprint density at radius 3 is 2.73 bits per heavy atom. The van der Waals surface area contributed by atoms with Gasteiger partial charge in [-0.2, -0.15) is 5.10 Å². The van der Waals surface area contributed by atoms with E-state index in [1.54, 1.807) is 35.4 Å². The molecular formula is C16H15N3O2S. The predicted molar refractivity (Wildman–Crippen MR) is 86.9 cm³/mol. The number of fused-ring (bicyclic) bond motifs is 1. The molecule has 0 unspecified atom stereocenters. The third-order valence-corrected chi connectivity index (χ3v) is 4.35. The van der Waals surface area contributed by atoms with Crippen LogP contribution in [0.1, 0.15) is 10.6 Å². The maximum atomic E-state index is 12.4. The SMILES string of the molecule is CN(Cc1cccs1)C(=O)Cc1n[nH]c(=O)c2ccccc12. The number of hydrogen-bond acceptors (Lipinski definition) is 4. The van der Waals surface area contributed by atoms with Crippen molar-refractivity contribution in [2.24, 2.45) is 0 Å². The van der Waals surface area contributed by atoms with Crippen LogP contribution in [0, 0.1) is 0 Å². The van der Waals surface area contributed by atoms with E-state index in [-0.39, 0.29) is 17.9 Å². The van der Waals surface area contributed by atoms with Gasteiger partial charge in [0.15, 0.2) is 0 Å². The zero-order chi connectivity index (χ0) is 15.5. The smallest absolute Gasteiger partial charge is 0.272 e. The minimum absolute atomic E-state index is 0.0295. The van der Waals surface area contributed by atoms with Crippen LogP contribution in [0.25, 0.3) is 10.8 Å². The first kappa shape index (κ1) is 14.5. The Morgan fingerprint density at radius 1 is 1.23 bits per heavy atom. The summed E-state index contributed by atoms with van der Waals surface area (Å²) in [7, 11) is 1.77. The van der Waals surface area contributed by atoms with E-state index in [0.29, 0.717) is 17.6 Å². The maximum absolute atomic E-state index is 12.4. The van der Waals surface area contributed by atoms with Crippen molar-refractivity contribution < 1.29 is 4.79 Å². The van der Waals surface area contributed by atoms with Gasteiger partial charge in [-0.25, -0.2) is 5.10 Å². The average Bonchev–Trinajstić information content (AvgIpc) is 3.03. The van der Waals surface area contributed by atoms with Gasteiger partial charge in [0, 0.05) is 17.3 Å². The Labute approximate surface area is 131 Å². The third kappa shape index (κ3) is 2.92. The second-order valence-corrected chi connectivity index (χ2v) is 6.08. The van der Waals surface area contributed by atoms with Crippen molar-refractivity contribution in [1.82, 2.24) is 15.1 Å². The number of carbonyl (C=O) groups excluding carboxylic acids is 1. The fourth-order valence-electron chi connectivity index (χ4n) is 2.31. The number of hydrogen-bond donors (Lipinski definition) is 1. The fraction of sp³-hybridized carbons (Fsp3) is 0.188. The van der Waals surface area contributed by atoms with Crippen LogP contribution in [0.15, 0.2) is 46.6 Å². The number of nitrogens with zero attached hydrogens (tertiary/aromatic N) is 2. The number of amides is 1. The molecule has 3 aromatic rings. The van der Waals surface area contributed by atoms with Gasteiger partial charge in [0.25, 0.3) is 5.56 Å². The van der Waals surface area contributed by atoms with Gasteiger partial charge in [-0.15, -0.1) is 11.3 Å². The van der Waals surface area contributed by atoms with Crippen LogP contribution in [-0.4, -0.2) is 28.1 Å². The highest BCUT2D eigenvalue weighted by molar-refractivity contribution is 7.09. The van der Waals surface area contributed by atoms with Crippen LogP contribution in [-0.2, 0) is 17.8 Å². The number of benzene rings is 1. The molecule has 0 saturated heterocycles. The highest BCUT2D eigenvalue weighted by atomic mass is 32.1. The Hall–Kier alpha value is -2.47. The molecule has 0 radical (unpaired) electrons. The van der Waals surface area contributed by atoms with Gasteiger partial charge >= 0.3 is 0 Å². The second kappa shape index (κ2) is 6.11. The van der Waals surface area contributed by atoms with Crippen LogP contribution in [0.3, 0.4) is 0 Å². The van der Waals surface area contributed by atoms with Crippen LogP contribution >= 0.6 is 11.3 Å². The molecule has 0 fully saturated rings. The number of aromatic nitrogens is 2. The molecule has 5 nitrogen and oxygen atoms in total. The topological polar surface area (TPSA) is 66.1 Å². The molecule has 1 aromatic carbocycles.